The van der Waals surface area contributed by atoms with E-state index in [9.17, 15) is 9.59 Å². The highest BCUT2D eigenvalue weighted by atomic mass is 16.4. The van der Waals surface area contributed by atoms with E-state index >= 15 is 0 Å². The fourth-order valence-corrected chi connectivity index (χ4v) is 2.48. The molecule has 0 saturated carbocycles. The van der Waals surface area contributed by atoms with E-state index in [-0.39, 0.29) is 0 Å². The number of carboxylic acid groups (broad SMARTS) is 2. The highest BCUT2D eigenvalue weighted by molar-refractivity contribution is 5.70. The van der Waals surface area contributed by atoms with Crippen LogP contribution in [-0.4, -0.2) is 34.2 Å². The van der Waals surface area contributed by atoms with Gasteiger partial charge >= 0.3 is 11.9 Å². The molecule has 6 heteroatoms. The average Bonchev–Trinajstić information content (AvgIpc) is 2.34. The summed E-state index contributed by atoms with van der Waals surface area (Å²) in [5, 5.41) is 18.0. The molecule has 0 bridgehead atoms. The maximum atomic E-state index is 11.0. The molecule has 0 saturated heterocycles. The molecule has 2 atom stereocenters. The molecule has 0 aliphatic carbocycles. The minimum atomic E-state index is -0.898. The van der Waals surface area contributed by atoms with Crippen LogP contribution < -0.4 is 11.5 Å². The van der Waals surface area contributed by atoms with Crippen LogP contribution in [0, 0.1) is 11.8 Å². The Morgan fingerprint density at radius 2 is 1.45 bits per heavy atom. The SMILES string of the molecule is CC(CC(N)(CCCCCN)CC(C)C(=O)O)C(=O)O. The molecule has 0 aromatic rings. The lowest BCUT2D eigenvalue weighted by Crippen LogP contribution is -2.45. The van der Waals surface area contributed by atoms with Crippen LogP contribution >= 0.6 is 0 Å². The molecule has 0 aliphatic heterocycles. The van der Waals surface area contributed by atoms with Gasteiger partial charge in [0.05, 0.1) is 11.8 Å². The summed E-state index contributed by atoms with van der Waals surface area (Å²) in [4.78, 5) is 22.0. The molecule has 0 spiro atoms. The molecule has 0 rings (SSSR count). The average molecular weight is 288 g/mol. The maximum absolute atomic E-state index is 11.0. The van der Waals surface area contributed by atoms with Crippen molar-refractivity contribution in [3.63, 3.8) is 0 Å². The van der Waals surface area contributed by atoms with Gasteiger partial charge in [0.25, 0.3) is 0 Å². The maximum Gasteiger partial charge on any atom is 0.306 e. The van der Waals surface area contributed by atoms with Gasteiger partial charge in [-0.25, -0.2) is 0 Å². The van der Waals surface area contributed by atoms with E-state index in [0.717, 1.165) is 19.3 Å². The van der Waals surface area contributed by atoms with Gasteiger partial charge in [0.2, 0.25) is 0 Å². The largest absolute Gasteiger partial charge is 0.481 e. The molecule has 118 valence electrons. The number of carbonyl (C=O) groups is 2. The predicted molar refractivity (Wildman–Crippen MR) is 77.3 cm³/mol. The molecule has 20 heavy (non-hydrogen) atoms. The van der Waals surface area contributed by atoms with Crippen LogP contribution in [0.3, 0.4) is 0 Å². The van der Waals surface area contributed by atoms with Gasteiger partial charge < -0.3 is 21.7 Å². The fraction of sp³-hybridized carbons (Fsp3) is 0.857. The van der Waals surface area contributed by atoms with E-state index in [1.54, 1.807) is 13.8 Å². The zero-order chi connectivity index (χ0) is 15.8. The number of hydrogen-bond acceptors (Lipinski definition) is 4. The lowest BCUT2D eigenvalue weighted by atomic mass is 9.78. The minimum Gasteiger partial charge on any atom is -0.481 e. The van der Waals surface area contributed by atoms with Crippen LogP contribution in [-0.2, 0) is 9.59 Å². The van der Waals surface area contributed by atoms with Gasteiger partial charge in [-0.1, -0.05) is 26.7 Å². The normalized spacial score (nSPS) is 17.2. The van der Waals surface area contributed by atoms with Gasteiger partial charge in [-0.3, -0.25) is 9.59 Å². The van der Waals surface area contributed by atoms with E-state index in [4.69, 9.17) is 21.7 Å². The molecule has 0 amide bonds. The minimum absolute atomic E-state index is 0.294. The molecule has 0 aliphatic rings. The van der Waals surface area contributed by atoms with E-state index in [1.165, 1.54) is 0 Å². The molecule has 0 aromatic heterocycles. The third-order valence-corrected chi connectivity index (χ3v) is 3.65. The highest BCUT2D eigenvalue weighted by Crippen LogP contribution is 2.28. The first-order valence-corrected chi connectivity index (χ1v) is 7.16. The summed E-state index contributed by atoms with van der Waals surface area (Å²) < 4.78 is 0. The van der Waals surface area contributed by atoms with Crippen molar-refractivity contribution in [3.8, 4) is 0 Å². The van der Waals surface area contributed by atoms with Crippen LogP contribution in [0.25, 0.3) is 0 Å². The summed E-state index contributed by atoms with van der Waals surface area (Å²) in [6, 6.07) is 0. The van der Waals surface area contributed by atoms with Crippen molar-refractivity contribution in [2.75, 3.05) is 6.54 Å². The van der Waals surface area contributed by atoms with Crippen molar-refractivity contribution < 1.29 is 19.8 Å². The van der Waals surface area contributed by atoms with Crippen LogP contribution in [0.15, 0.2) is 0 Å². The summed E-state index contributed by atoms with van der Waals surface area (Å²) in [6.07, 6.45) is 3.89. The predicted octanol–water partition coefficient (Wildman–Crippen LogP) is 1.42. The second-order valence-electron chi connectivity index (χ2n) is 5.85. The standard InChI is InChI=1S/C14H28N2O4/c1-10(12(17)18)8-14(16,6-4-3-5-7-15)9-11(2)13(19)20/h10-11H,3-9,15-16H2,1-2H3,(H,17,18)(H,19,20). The monoisotopic (exact) mass is 288 g/mol. The molecule has 6 nitrogen and oxygen atoms in total. The van der Waals surface area contributed by atoms with Crippen molar-refractivity contribution in [2.24, 2.45) is 23.3 Å². The summed E-state index contributed by atoms with van der Waals surface area (Å²) in [7, 11) is 0. The Hall–Kier alpha value is -1.14. The quantitative estimate of drug-likeness (QED) is 0.426. The number of rotatable bonds is 11. The summed E-state index contributed by atoms with van der Waals surface area (Å²) in [6.45, 7) is 3.83. The first-order valence-electron chi connectivity index (χ1n) is 7.16. The van der Waals surface area contributed by atoms with Gasteiger partial charge in [0.1, 0.15) is 0 Å². The third kappa shape index (κ3) is 7.45. The number of hydrogen-bond donors (Lipinski definition) is 4. The fourth-order valence-electron chi connectivity index (χ4n) is 2.48. The van der Waals surface area contributed by atoms with Gasteiger partial charge in [-0.15, -0.1) is 0 Å². The van der Waals surface area contributed by atoms with E-state index in [2.05, 4.69) is 0 Å². The summed E-state index contributed by atoms with van der Waals surface area (Å²) >= 11 is 0. The molecule has 0 radical (unpaired) electrons. The van der Waals surface area contributed by atoms with Crippen LogP contribution in [0.5, 0.6) is 0 Å². The molecule has 0 heterocycles. The lowest BCUT2D eigenvalue weighted by Gasteiger charge is -2.33. The molecular formula is C14H28N2O4. The number of aliphatic carboxylic acids is 2. The number of nitrogens with two attached hydrogens (primary N) is 2. The Balaban J connectivity index is 4.65. The van der Waals surface area contributed by atoms with Gasteiger partial charge in [0.15, 0.2) is 0 Å². The van der Waals surface area contributed by atoms with Gasteiger partial charge in [-0.2, -0.15) is 0 Å². The Morgan fingerprint density at radius 3 is 1.80 bits per heavy atom. The van der Waals surface area contributed by atoms with E-state index in [0.29, 0.717) is 25.8 Å². The van der Waals surface area contributed by atoms with E-state index in [1.807, 2.05) is 0 Å². The molecular weight excluding hydrogens is 260 g/mol. The Kier molecular flexibility index (Phi) is 8.41. The zero-order valence-corrected chi connectivity index (χ0v) is 12.5. The van der Waals surface area contributed by atoms with Crippen molar-refractivity contribution >= 4 is 11.9 Å². The number of carboxylic acids is 2. The smallest absolute Gasteiger partial charge is 0.306 e. The first kappa shape index (κ1) is 18.9. The highest BCUT2D eigenvalue weighted by Gasteiger charge is 2.32. The topological polar surface area (TPSA) is 127 Å². The van der Waals surface area contributed by atoms with Crippen molar-refractivity contribution in [2.45, 2.75) is 57.9 Å². The van der Waals surface area contributed by atoms with Crippen molar-refractivity contribution in [1.82, 2.24) is 0 Å². The summed E-state index contributed by atoms with van der Waals surface area (Å²) in [5.74, 6) is -2.94. The first-order chi connectivity index (χ1) is 9.22. The Morgan fingerprint density at radius 1 is 1.00 bits per heavy atom. The van der Waals surface area contributed by atoms with Gasteiger partial charge in [-0.05, 0) is 32.2 Å². The van der Waals surface area contributed by atoms with Crippen molar-refractivity contribution in [1.29, 1.82) is 0 Å². The molecule has 0 aromatic carbocycles. The Labute approximate surface area is 120 Å². The van der Waals surface area contributed by atoms with Crippen LogP contribution in [0.2, 0.25) is 0 Å². The third-order valence-electron chi connectivity index (χ3n) is 3.65. The van der Waals surface area contributed by atoms with Crippen LogP contribution in [0.4, 0.5) is 0 Å². The second kappa shape index (κ2) is 8.92. The van der Waals surface area contributed by atoms with E-state index < -0.39 is 29.3 Å². The zero-order valence-electron chi connectivity index (χ0n) is 12.5. The second-order valence-corrected chi connectivity index (χ2v) is 5.85. The van der Waals surface area contributed by atoms with Crippen LogP contribution in [0.1, 0.15) is 52.4 Å². The Bertz CT molecular complexity index is 298. The molecule has 6 N–H and O–H groups in total. The molecule has 2 unspecified atom stereocenters. The summed E-state index contributed by atoms with van der Waals surface area (Å²) in [5.41, 5.74) is 11.0. The van der Waals surface area contributed by atoms with Crippen molar-refractivity contribution in [3.05, 3.63) is 0 Å². The lowest BCUT2D eigenvalue weighted by molar-refractivity contribution is -0.142. The molecule has 0 fully saturated rings. The number of unbranched alkanes of at least 4 members (excludes halogenated alkanes) is 2. The van der Waals surface area contributed by atoms with Gasteiger partial charge in [0, 0.05) is 5.54 Å².